The molecule has 0 aliphatic rings. The van der Waals surface area contributed by atoms with Crippen LogP contribution in [0.2, 0.25) is 0 Å². The lowest BCUT2D eigenvalue weighted by atomic mass is 10.2. The number of rotatable bonds is 3. The summed E-state index contributed by atoms with van der Waals surface area (Å²) < 4.78 is 0. The van der Waals surface area contributed by atoms with Crippen molar-refractivity contribution in [2.75, 3.05) is 11.9 Å². The number of aryl methyl sites for hydroxylation is 1. The van der Waals surface area contributed by atoms with Gasteiger partial charge >= 0.3 is 0 Å². The number of anilines is 1. The molecule has 0 fully saturated rings. The molecule has 0 aliphatic carbocycles. The molecule has 0 aromatic carbocycles. The van der Waals surface area contributed by atoms with E-state index in [4.69, 9.17) is 0 Å². The van der Waals surface area contributed by atoms with Crippen LogP contribution in [0.3, 0.4) is 0 Å². The summed E-state index contributed by atoms with van der Waals surface area (Å²) in [5, 5.41) is 5.86. The van der Waals surface area contributed by atoms with E-state index in [2.05, 4.69) is 15.3 Å². The van der Waals surface area contributed by atoms with Gasteiger partial charge in [0, 0.05) is 17.6 Å². The molecule has 0 saturated carbocycles. The van der Waals surface area contributed by atoms with Crippen LogP contribution >= 0.6 is 11.3 Å². The van der Waals surface area contributed by atoms with E-state index < -0.39 is 0 Å². The number of thiazole rings is 1. The first kappa shape index (κ1) is 10.9. The van der Waals surface area contributed by atoms with Crippen LogP contribution in [0.25, 0.3) is 11.3 Å². The SMILES string of the molecule is CCNc1nc(-c2ccc(C)[nH]c2=O)cs1. The van der Waals surface area contributed by atoms with Crippen LogP contribution in [0.5, 0.6) is 0 Å². The number of hydrogen-bond donors (Lipinski definition) is 2. The summed E-state index contributed by atoms with van der Waals surface area (Å²) >= 11 is 1.51. The Morgan fingerprint density at radius 2 is 2.31 bits per heavy atom. The monoisotopic (exact) mass is 235 g/mol. The van der Waals surface area contributed by atoms with Crippen molar-refractivity contribution in [2.45, 2.75) is 13.8 Å². The summed E-state index contributed by atoms with van der Waals surface area (Å²) in [5.74, 6) is 0. The van der Waals surface area contributed by atoms with Gasteiger partial charge in [0.15, 0.2) is 5.13 Å². The lowest BCUT2D eigenvalue weighted by Crippen LogP contribution is -2.09. The Labute approximate surface area is 97.4 Å². The smallest absolute Gasteiger partial charge is 0.257 e. The van der Waals surface area contributed by atoms with E-state index in [0.717, 1.165) is 23.1 Å². The van der Waals surface area contributed by atoms with Gasteiger partial charge in [-0.25, -0.2) is 4.98 Å². The molecule has 0 saturated heterocycles. The molecule has 0 aliphatic heterocycles. The molecule has 2 aromatic heterocycles. The molecule has 16 heavy (non-hydrogen) atoms. The third-order valence-corrected chi connectivity index (χ3v) is 2.96. The van der Waals surface area contributed by atoms with Crippen molar-refractivity contribution in [3.05, 3.63) is 33.6 Å². The third kappa shape index (κ3) is 2.14. The third-order valence-electron chi connectivity index (χ3n) is 2.16. The largest absolute Gasteiger partial charge is 0.362 e. The maximum absolute atomic E-state index is 11.7. The Bertz CT molecular complexity index is 544. The Kier molecular flexibility index (Phi) is 3.05. The first-order valence-corrected chi connectivity index (χ1v) is 5.98. The normalized spacial score (nSPS) is 10.4. The fourth-order valence-corrected chi connectivity index (χ4v) is 2.19. The van der Waals surface area contributed by atoms with Crippen molar-refractivity contribution in [1.29, 1.82) is 0 Å². The number of aromatic amines is 1. The Morgan fingerprint density at radius 1 is 1.50 bits per heavy atom. The fraction of sp³-hybridized carbons (Fsp3) is 0.273. The van der Waals surface area contributed by atoms with Crippen LogP contribution in [0.1, 0.15) is 12.6 Å². The van der Waals surface area contributed by atoms with Crippen molar-refractivity contribution < 1.29 is 0 Å². The summed E-state index contributed by atoms with van der Waals surface area (Å²) in [6.45, 7) is 4.70. The topological polar surface area (TPSA) is 57.8 Å². The molecule has 2 aromatic rings. The van der Waals surface area contributed by atoms with Gasteiger partial charge in [-0.15, -0.1) is 11.3 Å². The molecule has 0 amide bonds. The van der Waals surface area contributed by atoms with Gasteiger partial charge < -0.3 is 10.3 Å². The van der Waals surface area contributed by atoms with Crippen molar-refractivity contribution in [1.82, 2.24) is 9.97 Å². The Balaban J connectivity index is 2.39. The van der Waals surface area contributed by atoms with E-state index in [1.807, 2.05) is 25.3 Å². The van der Waals surface area contributed by atoms with Gasteiger partial charge in [0.25, 0.3) is 5.56 Å². The van der Waals surface area contributed by atoms with Crippen LogP contribution in [0.15, 0.2) is 22.3 Å². The van der Waals surface area contributed by atoms with Gasteiger partial charge in [-0.2, -0.15) is 0 Å². The number of nitrogens with zero attached hydrogens (tertiary/aromatic N) is 1. The van der Waals surface area contributed by atoms with Crippen LogP contribution in [0.4, 0.5) is 5.13 Å². The van der Waals surface area contributed by atoms with Crippen LogP contribution in [0, 0.1) is 6.92 Å². The van der Waals surface area contributed by atoms with Crippen molar-refractivity contribution in [2.24, 2.45) is 0 Å². The maximum atomic E-state index is 11.7. The summed E-state index contributed by atoms with van der Waals surface area (Å²) in [7, 11) is 0. The van der Waals surface area contributed by atoms with Crippen LogP contribution in [-0.4, -0.2) is 16.5 Å². The molecule has 0 unspecified atom stereocenters. The minimum absolute atomic E-state index is 0.0895. The van der Waals surface area contributed by atoms with Gasteiger partial charge in [0.05, 0.1) is 11.3 Å². The van der Waals surface area contributed by atoms with Crippen molar-refractivity contribution in [3.63, 3.8) is 0 Å². The summed E-state index contributed by atoms with van der Waals surface area (Å²) in [4.78, 5) is 18.8. The maximum Gasteiger partial charge on any atom is 0.257 e. The number of hydrogen-bond acceptors (Lipinski definition) is 4. The zero-order valence-electron chi connectivity index (χ0n) is 9.20. The van der Waals surface area contributed by atoms with E-state index in [9.17, 15) is 4.79 Å². The zero-order valence-corrected chi connectivity index (χ0v) is 10.0. The number of aromatic nitrogens is 2. The quantitative estimate of drug-likeness (QED) is 0.857. The van der Waals surface area contributed by atoms with Crippen molar-refractivity contribution >= 4 is 16.5 Å². The summed E-state index contributed by atoms with van der Waals surface area (Å²) in [6, 6.07) is 3.68. The minimum Gasteiger partial charge on any atom is -0.362 e. The lowest BCUT2D eigenvalue weighted by molar-refractivity contribution is 1.14. The van der Waals surface area contributed by atoms with Gasteiger partial charge in [0.1, 0.15) is 0 Å². The molecule has 0 radical (unpaired) electrons. The molecular weight excluding hydrogens is 222 g/mol. The average molecular weight is 235 g/mol. The zero-order chi connectivity index (χ0) is 11.5. The lowest BCUT2D eigenvalue weighted by Gasteiger charge is -1.97. The highest BCUT2D eigenvalue weighted by atomic mass is 32.1. The predicted octanol–water partition coefficient (Wildman–Crippen LogP) is 2.24. The second-order valence-corrected chi connectivity index (χ2v) is 4.31. The second kappa shape index (κ2) is 4.49. The molecule has 0 bridgehead atoms. The van der Waals surface area contributed by atoms with Crippen LogP contribution in [-0.2, 0) is 0 Å². The molecular formula is C11H13N3OS. The van der Waals surface area contributed by atoms with E-state index >= 15 is 0 Å². The average Bonchev–Trinajstić information content (AvgIpc) is 2.67. The molecule has 84 valence electrons. The van der Waals surface area contributed by atoms with E-state index in [0.29, 0.717) is 5.56 Å². The Hall–Kier alpha value is -1.62. The van der Waals surface area contributed by atoms with E-state index in [1.54, 1.807) is 6.07 Å². The predicted molar refractivity (Wildman–Crippen MR) is 67.1 cm³/mol. The van der Waals surface area contributed by atoms with Gasteiger partial charge in [-0.05, 0) is 26.0 Å². The summed E-state index contributed by atoms with van der Waals surface area (Å²) in [5.41, 5.74) is 2.11. The van der Waals surface area contributed by atoms with Gasteiger partial charge in [0.2, 0.25) is 0 Å². The number of nitrogens with one attached hydrogen (secondary N) is 2. The molecule has 2 N–H and O–H groups in total. The van der Waals surface area contributed by atoms with Crippen LogP contribution < -0.4 is 10.9 Å². The molecule has 0 atom stereocenters. The number of H-pyrrole nitrogens is 1. The van der Waals surface area contributed by atoms with Gasteiger partial charge in [-0.1, -0.05) is 0 Å². The molecule has 2 heterocycles. The van der Waals surface area contributed by atoms with E-state index in [-0.39, 0.29) is 5.56 Å². The highest BCUT2D eigenvalue weighted by molar-refractivity contribution is 7.14. The second-order valence-electron chi connectivity index (χ2n) is 3.45. The first-order chi connectivity index (χ1) is 7.70. The minimum atomic E-state index is -0.0895. The van der Waals surface area contributed by atoms with Gasteiger partial charge in [-0.3, -0.25) is 4.79 Å². The molecule has 2 rings (SSSR count). The first-order valence-electron chi connectivity index (χ1n) is 5.10. The molecule has 5 heteroatoms. The fourth-order valence-electron chi connectivity index (χ4n) is 1.40. The highest BCUT2D eigenvalue weighted by Crippen LogP contribution is 2.22. The molecule has 4 nitrogen and oxygen atoms in total. The standard InChI is InChI=1S/C11H13N3OS/c1-3-12-11-14-9(6-16-11)8-5-4-7(2)13-10(8)15/h4-6H,3H2,1-2H3,(H,12,14)(H,13,15). The van der Waals surface area contributed by atoms with Crippen molar-refractivity contribution in [3.8, 4) is 11.3 Å². The number of pyridine rings is 1. The summed E-state index contributed by atoms with van der Waals surface area (Å²) in [6.07, 6.45) is 0. The van der Waals surface area contributed by atoms with E-state index in [1.165, 1.54) is 11.3 Å². The molecule has 0 spiro atoms. The highest BCUT2D eigenvalue weighted by Gasteiger charge is 2.07. The Morgan fingerprint density at radius 3 is 3.00 bits per heavy atom.